The Labute approximate surface area is 153 Å². The number of nitrogens with zero attached hydrogens (tertiary/aromatic N) is 2. The summed E-state index contributed by atoms with van der Waals surface area (Å²) in [6, 6.07) is 9.53. The van der Waals surface area contributed by atoms with E-state index in [1.165, 1.54) is 0 Å². The van der Waals surface area contributed by atoms with Gasteiger partial charge in [0.05, 0.1) is 19.7 Å². The minimum absolute atomic E-state index is 0.192. The van der Waals surface area contributed by atoms with Gasteiger partial charge in [-0.25, -0.2) is 0 Å². The van der Waals surface area contributed by atoms with Crippen LogP contribution in [-0.2, 0) is 0 Å². The number of amides is 1. The van der Waals surface area contributed by atoms with E-state index in [1.807, 2.05) is 42.1 Å². The van der Waals surface area contributed by atoms with Gasteiger partial charge >= 0.3 is 0 Å². The Morgan fingerprint density at radius 1 is 1.38 bits per heavy atom. The fourth-order valence-electron chi connectivity index (χ4n) is 3.02. The first-order chi connectivity index (χ1) is 12.7. The summed E-state index contributed by atoms with van der Waals surface area (Å²) in [5.74, 6) is 1.14. The van der Waals surface area contributed by atoms with Gasteiger partial charge in [0.2, 0.25) is 0 Å². The molecule has 0 spiro atoms. The Morgan fingerprint density at radius 3 is 2.92 bits per heavy atom. The van der Waals surface area contributed by atoms with Crippen LogP contribution in [0.4, 0.5) is 0 Å². The fourth-order valence-corrected chi connectivity index (χ4v) is 3.02. The van der Waals surface area contributed by atoms with Crippen LogP contribution in [0.2, 0.25) is 0 Å². The van der Waals surface area contributed by atoms with Gasteiger partial charge in [-0.15, -0.1) is 0 Å². The highest BCUT2D eigenvalue weighted by Gasteiger charge is 2.18. The van der Waals surface area contributed by atoms with E-state index in [9.17, 15) is 4.79 Å². The van der Waals surface area contributed by atoms with Gasteiger partial charge in [-0.2, -0.15) is 5.10 Å². The number of ether oxygens (including phenoxy) is 2. The Balaban J connectivity index is 1.51. The molecule has 7 heteroatoms. The molecule has 2 aromatic rings. The number of benzene rings is 1. The molecule has 1 amide bonds. The molecule has 0 saturated carbocycles. The average Bonchev–Trinajstić information content (AvgIpc) is 3.17. The van der Waals surface area contributed by atoms with Crippen molar-refractivity contribution >= 4 is 5.91 Å². The van der Waals surface area contributed by atoms with Crippen LogP contribution in [-0.4, -0.2) is 48.5 Å². The molecule has 2 atom stereocenters. The van der Waals surface area contributed by atoms with Crippen molar-refractivity contribution in [2.75, 3.05) is 26.7 Å². The molecule has 3 rings (SSSR count). The minimum Gasteiger partial charge on any atom is -0.493 e. The molecule has 140 valence electrons. The van der Waals surface area contributed by atoms with Crippen LogP contribution in [0.3, 0.4) is 0 Å². The van der Waals surface area contributed by atoms with Crippen LogP contribution in [0.1, 0.15) is 36.3 Å². The molecule has 1 aliphatic rings. The number of para-hydroxylation sites is 2. The maximum absolute atomic E-state index is 12.3. The van der Waals surface area contributed by atoms with Gasteiger partial charge in [0.25, 0.3) is 5.91 Å². The zero-order valence-corrected chi connectivity index (χ0v) is 15.3. The molecule has 0 bridgehead atoms. The lowest BCUT2D eigenvalue weighted by Gasteiger charge is -2.22. The topological polar surface area (TPSA) is 77.4 Å². The number of carbonyl (C=O) groups is 1. The predicted molar refractivity (Wildman–Crippen MR) is 98.8 cm³/mol. The summed E-state index contributed by atoms with van der Waals surface area (Å²) in [7, 11) is 1.60. The number of methoxy groups -OCH3 is 1. The number of rotatable bonds is 7. The largest absolute Gasteiger partial charge is 0.493 e. The summed E-state index contributed by atoms with van der Waals surface area (Å²) < 4.78 is 13.0. The van der Waals surface area contributed by atoms with Crippen LogP contribution in [0.5, 0.6) is 11.5 Å². The van der Waals surface area contributed by atoms with E-state index in [0.717, 1.165) is 25.9 Å². The highest BCUT2D eigenvalue weighted by Crippen LogP contribution is 2.26. The van der Waals surface area contributed by atoms with Crippen LogP contribution in [0, 0.1) is 0 Å². The lowest BCUT2D eigenvalue weighted by molar-refractivity contribution is 0.0925. The van der Waals surface area contributed by atoms with Crippen molar-refractivity contribution in [2.24, 2.45) is 0 Å². The highest BCUT2D eigenvalue weighted by atomic mass is 16.5. The van der Waals surface area contributed by atoms with Gasteiger partial charge in [0.1, 0.15) is 11.8 Å². The summed E-state index contributed by atoms with van der Waals surface area (Å²) in [6.45, 7) is 4.23. The molecule has 1 fully saturated rings. The molecular formula is C19H26N4O3. The first kappa shape index (κ1) is 18.3. The summed E-state index contributed by atoms with van der Waals surface area (Å²) in [5.41, 5.74) is 0.431. The maximum Gasteiger partial charge on any atom is 0.271 e. The third kappa shape index (κ3) is 4.54. The van der Waals surface area contributed by atoms with Crippen molar-refractivity contribution < 1.29 is 14.3 Å². The summed E-state index contributed by atoms with van der Waals surface area (Å²) in [5, 5.41) is 10.7. The number of piperidine rings is 1. The first-order valence-electron chi connectivity index (χ1n) is 9.01. The Bertz CT molecular complexity index is 725. The van der Waals surface area contributed by atoms with Crippen molar-refractivity contribution in [3.8, 4) is 11.5 Å². The molecule has 7 nitrogen and oxygen atoms in total. The summed E-state index contributed by atoms with van der Waals surface area (Å²) in [6.07, 6.45) is 3.89. The lowest BCUT2D eigenvalue weighted by atomic mass is 10.1. The monoisotopic (exact) mass is 358 g/mol. The van der Waals surface area contributed by atoms with E-state index in [1.54, 1.807) is 13.2 Å². The summed E-state index contributed by atoms with van der Waals surface area (Å²) in [4.78, 5) is 12.3. The standard InChI is InChI=1S/C19H26N4O3/c1-14(26-18-8-4-3-7-17(18)25-2)12-21-19(24)16-9-11-23(22-16)15-6-5-10-20-13-15/h3-4,7-9,11,14-15,20H,5-6,10,12-13H2,1-2H3,(H,21,24). The number of aromatic nitrogens is 2. The Morgan fingerprint density at radius 2 is 2.19 bits per heavy atom. The van der Waals surface area contributed by atoms with Gasteiger partial charge in [0.15, 0.2) is 11.5 Å². The van der Waals surface area contributed by atoms with Gasteiger partial charge < -0.3 is 20.1 Å². The molecule has 1 aromatic heterocycles. The Hall–Kier alpha value is -2.54. The third-order valence-electron chi connectivity index (χ3n) is 4.43. The number of hydrogen-bond donors (Lipinski definition) is 2. The summed E-state index contributed by atoms with van der Waals surface area (Å²) >= 11 is 0. The molecule has 2 N–H and O–H groups in total. The van der Waals surface area contributed by atoms with Crippen molar-refractivity contribution in [1.29, 1.82) is 0 Å². The molecule has 0 aliphatic carbocycles. The molecule has 2 heterocycles. The fraction of sp³-hybridized carbons (Fsp3) is 0.474. The van der Waals surface area contributed by atoms with E-state index in [2.05, 4.69) is 15.7 Å². The quantitative estimate of drug-likeness (QED) is 0.792. The predicted octanol–water partition coefficient (Wildman–Crippen LogP) is 2.01. The number of nitrogens with one attached hydrogen (secondary N) is 2. The van der Waals surface area contributed by atoms with Crippen molar-refractivity contribution in [2.45, 2.75) is 31.9 Å². The first-order valence-corrected chi connectivity index (χ1v) is 9.01. The second kappa shape index (κ2) is 8.71. The van der Waals surface area contributed by atoms with E-state index in [4.69, 9.17) is 9.47 Å². The highest BCUT2D eigenvalue weighted by molar-refractivity contribution is 5.92. The van der Waals surface area contributed by atoms with E-state index in [-0.39, 0.29) is 12.0 Å². The molecule has 0 radical (unpaired) electrons. The van der Waals surface area contributed by atoms with E-state index < -0.39 is 0 Å². The average molecular weight is 358 g/mol. The smallest absolute Gasteiger partial charge is 0.271 e. The van der Waals surface area contributed by atoms with Crippen LogP contribution >= 0.6 is 0 Å². The van der Waals surface area contributed by atoms with Crippen molar-refractivity contribution in [3.05, 3.63) is 42.2 Å². The second-order valence-corrected chi connectivity index (χ2v) is 6.47. The number of hydrogen-bond acceptors (Lipinski definition) is 5. The number of carbonyl (C=O) groups excluding carboxylic acids is 1. The van der Waals surface area contributed by atoms with Crippen LogP contribution in [0.25, 0.3) is 0 Å². The Kier molecular flexibility index (Phi) is 6.12. The van der Waals surface area contributed by atoms with Crippen LogP contribution in [0.15, 0.2) is 36.5 Å². The molecule has 2 unspecified atom stereocenters. The normalized spacial score (nSPS) is 18.2. The van der Waals surface area contributed by atoms with E-state index in [0.29, 0.717) is 29.8 Å². The van der Waals surface area contributed by atoms with Crippen molar-refractivity contribution in [3.63, 3.8) is 0 Å². The van der Waals surface area contributed by atoms with Gasteiger partial charge in [-0.3, -0.25) is 9.48 Å². The van der Waals surface area contributed by atoms with Crippen LogP contribution < -0.4 is 20.1 Å². The van der Waals surface area contributed by atoms with Gasteiger partial charge in [-0.1, -0.05) is 12.1 Å². The molecule has 1 saturated heterocycles. The zero-order chi connectivity index (χ0) is 18.4. The molecule has 1 aromatic carbocycles. The van der Waals surface area contributed by atoms with Gasteiger partial charge in [0, 0.05) is 12.7 Å². The third-order valence-corrected chi connectivity index (χ3v) is 4.43. The molecule has 1 aliphatic heterocycles. The SMILES string of the molecule is COc1ccccc1OC(C)CNC(=O)c1ccn(C2CCCNC2)n1. The van der Waals surface area contributed by atoms with Gasteiger partial charge in [-0.05, 0) is 44.5 Å². The second-order valence-electron chi connectivity index (χ2n) is 6.47. The van der Waals surface area contributed by atoms with E-state index >= 15 is 0 Å². The van der Waals surface area contributed by atoms with Crippen molar-refractivity contribution in [1.82, 2.24) is 20.4 Å². The lowest BCUT2D eigenvalue weighted by Crippen LogP contribution is -2.34. The maximum atomic E-state index is 12.3. The zero-order valence-electron chi connectivity index (χ0n) is 15.3. The minimum atomic E-state index is -0.195. The molecular weight excluding hydrogens is 332 g/mol. The molecule has 26 heavy (non-hydrogen) atoms.